The van der Waals surface area contributed by atoms with Gasteiger partial charge in [0.05, 0.1) is 11.5 Å². The molecule has 1 aliphatic rings. The molecule has 0 aliphatic carbocycles. The second-order valence-electron chi connectivity index (χ2n) is 5.29. The van der Waals surface area contributed by atoms with Crippen molar-refractivity contribution in [2.75, 3.05) is 31.1 Å². The first-order valence-corrected chi connectivity index (χ1v) is 8.41. The van der Waals surface area contributed by atoms with Gasteiger partial charge in [0.25, 0.3) is 0 Å². The highest BCUT2D eigenvalue weighted by Crippen LogP contribution is 2.10. The van der Waals surface area contributed by atoms with Crippen LogP contribution in [0.25, 0.3) is 0 Å². The molecule has 0 aromatic carbocycles. The second kappa shape index (κ2) is 6.71. The summed E-state index contributed by atoms with van der Waals surface area (Å²) in [5.74, 6) is 0.690. The third-order valence-corrected chi connectivity index (χ3v) is 5.04. The lowest BCUT2D eigenvalue weighted by Gasteiger charge is -2.27. The van der Waals surface area contributed by atoms with E-state index in [1.54, 1.807) is 0 Å². The van der Waals surface area contributed by atoms with Gasteiger partial charge >= 0.3 is 0 Å². The monoisotopic (exact) mass is 262 g/mol. The Bertz CT molecular complexity index is 314. The second-order valence-corrected chi connectivity index (χ2v) is 7.59. The summed E-state index contributed by atoms with van der Waals surface area (Å²) in [7, 11) is -2.78. The zero-order valence-corrected chi connectivity index (χ0v) is 12.1. The van der Waals surface area contributed by atoms with E-state index in [0.717, 1.165) is 25.9 Å². The van der Waals surface area contributed by atoms with Crippen LogP contribution in [-0.2, 0) is 9.84 Å². The molecule has 0 aromatic rings. The van der Waals surface area contributed by atoms with Gasteiger partial charge in [-0.05, 0) is 32.9 Å². The van der Waals surface area contributed by atoms with Crippen LogP contribution in [0.3, 0.4) is 0 Å². The molecule has 0 bridgehead atoms. The SMILES string of the molecule is CC(C)NCCC(C)N1CCCS(=O)(=O)CC1. The zero-order valence-electron chi connectivity index (χ0n) is 11.3. The summed E-state index contributed by atoms with van der Waals surface area (Å²) in [5, 5.41) is 3.40. The molecule has 1 atom stereocenters. The smallest absolute Gasteiger partial charge is 0.151 e. The molecule has 1 fully saturated rings. The number of nitrogens with one attached hydrogen (secondary N) is 1. The van der Waals surface area contributed by atoms with E-state index in [0.29, 0.717) is 30.1 Å². The van der Waals surface area contributed by atoms with Gasteiger partial charge in [0.15, 0.2) is 9.84 Å². The Morgan fingerprint density at radius 3 is 2.53 bits per heavy atom. The van der Waals surface area contributed by atoms with Gasteiger partial charge in [-0.2, -0.15) is 0 Å². The minimum Gasteiger partial charge on any atom is -0.314 e. The maximum absolute atomic E-state index is 11.5. The number of nitrogens with zero attached hydrogens (tertiary/aromatic N) is 1. The van der Waals surface area contributed by atoms with Crippen LogP contribution in [0.2, 0.25) is 0 Å². The van der Waals surface area contributed by atoms with Crippen molar-refractivity contribution < 1.29 is 8.42 Å². The van der Waals surface area contributed by atoms with Crippen LogP contribution in [0.5, 0.6) is 0 Å². The molecular weight excluding hydrogens is 236 g/mol. The fourth-order valence-corrected chi connectivity index (χ4v) is 3.45. The van der Waals surface area contributed by atoms with Gasteiger partial charge in [-0.15, -0.1) is 0 Å². The number of sulfone groups is 1. The van der Waals surface area contributed by atoms with Crippen LogP contribution >= 0.6 is 0 Å². The summed E-state index contributed by atoms with van der Waals surface area (Å²) in [6, 6.07) is 0.987. The highest BCUT2D eigenvalue weighted by Gasteiger charge is 2.22. The normalized spacial score (nSPS) is 23.5. The minimum absolute atomic E-state index is 0.328. The van der Waals surface area contributed by atoms with Crippen molar-refractivity contribution >= 4 is 9.84 Å². The van der Waals surface area contributed by atoms with E-state index in [-0.39, 0.29) is 0 Å². The van der Waals surface area contributed by atoms with E-state index >= 15 is 0 Å². The van der Waals surface area contributed by atoms with Crippen LogP contribution in [0.1, 0.15) is 33.6 Å². The van der Waals surface area contributed by atoms with E-state index in [9.17, 15) is 8.42 Å². The Balaban J connectivity index is 2.34. The number of hydrogen-bond donors (Lipinski definition) is 1. The Labute approximate surface area is 106 Å². The van der Waals surface area contributed by atoms with Crippen molar-refractivity contribution in [1.82, 2.24) is 10.2 Å². The first-order valence-electron chi connectivity index (χ1n) is 6.58. The van der Waals surface area contributed by atoms with E-state index in [4.69, 9.17) is 0 Å². The predicted molar refractivity (Wildman–Crippen MR) is 72.1 cm³/mol. The van der Waals surface area contributed by atoms with E-state index in [1.807, 2.05) is 0 Å². The molecule has 1 rings (SSSR count). The fraction of sp³-hybridized carbons (Fsp3) is 1.00. The standard InChI is InChI=1S/C12H26N2O2S/c1-11(2)13-6-5-12(3)14-7-4-9-17(15,16)10-8-14/h11-13H,4-10H2,1-3H3. The molecule has 17 heavy (non-hydrogen) atoms. The first-order chi connectivity index (χ1) is 7.91. The van der Waals surface area contributed by atoms with Gasteiger partial charge in [0.2, 0.25) is 0 Å². The van der Waals surface area contributed by atoms with Crippen LogP contribution < -0.4 is 5.32 Å². The van der Waals surface area contributed by atoms with E-state index in [1.165, 1.54) is 0 Å². The molecule has 1 heterocycles. The molecule has 1 N–H and O–H groups in total. The molecular formula is C12H26N2O2S. The lowest BCUT2D eigenvalue weighted by atomic mass is 10.2. The molecule has 0 amide bonds. The van der Waals surface area contributed by atoms with Crippen molar-refractivity contribution in [1.29, 1.82) is 0 Å². The maximum atomic E-state index is 11.5. The molecule has 1 aliphatic heterocycles. The average Bonchev–Trinajstić information content (AvgIpc) is 2.38. The summed E-state index contributed by atoms with van der Waals surface area (Å²) in [6.07, 6.45) is 1.86. The average molecular weight is 262 g/mol. The van der Waals surface area contributed by atoms with Crippen molar-refractivity contribution in [2.45, 2.75) is 45.7 Å². The summed E-state index contributed by atoms with van der Waals surface area (Å²) in [6.45, 7) is 9.10. The molecule has 102 valence electrons. The molecule has 5 heteroatoms. The van der Waals surface area contributed by atoms with Gasteiger partial charge in [0, 0.05) is 18.6 Å². The first kappa shape index (κ1) is 14.9. The fourth-order valence-electron chi connectivity index (χ4n) is 2.16. The lowest BCUT2D eigenvalue weighted by Crippen LogP contribution is -2.38. The van der Waals surface area contributed by atoms with E-state index in [2.05, 4.69) is 31.0 Å². The molecule has 4 nitrogen and oxygen atoms in total. The van der Waals surface area contributed by atoms with Gasteiger partial charge < -0.3 is 5.32 Å². The zero-order chi connectivity index (χ0) is 12.9. The van der Waals surface area contributed by atoms with Crippen molar-refractivity contribution in [3.8, 4) is 0 Å². The van der Waals surface area contributed by atoms with Crippen LogP contribution in [0.4, 0.5) is 0 Å². The highest BCUT2D eigenvalue weighted by atomic mass is 32.2. The van der Waals surface area contributed by atoms with Crippen molar-refractivity contribution in [3.05, 3.63) is 0 Å². The molecule has 1 saturated heterocycles. The van der Waals surface area contributed by atoms with Crippen molar-refractivity contribution in [2.24, 2.45) is 0 Å². The maximum Gasteiger partial charge on any atom is 0.151 e. The molecule has 0 spiro atoms. The minimum atomic E-state index is -2.78. The third kappa shape index (κ3) is 5.84. The van der Waals surface area contributed by atoms with Crippen LogP contribution in [0, 0.1) is 0 Å². The molecule has 1 unspecified atom stereocenters. The Morgan fingerprint density at radius 1 is 1.18 bits per heavy atom. The highest BCUT2D eigenvalue weighted by molar-refractivity contribution is 7.91. The summed E-state index contributed by atoms with van der Waals surface area (Å²) < 4.78 is 23.0. The predicted octanol–water partition coefficient (Wildman–Crippen LogP) is 0.884. The number of hydrogen-bond acceptors (Lipinski definition) is 4. The van der Waals surface area contributed by atoms with Gasteiger partial charge in [-0.3, -0.25) is 4.90 Å². The lowest BCUT2D eigenvalue weighted by molar-refractivity contribution is 0.213. The topological polar surface area (TPSA) is 49.4 Å². The van der Waals surface area contributed by atoms with Gasteiger partial charge in [-0.25, -0.2) is 8.42 Å². The largest absolute Gasteiger partial charge is 0.314 e. The molecule has 0 saturated carbocycles. The Kier molecular flexibility index (Phi) is 5.89. The molecule has 0 radical (unpaired) electrons. The van der Waals surface area contributed by atoms with E-state index < -0.39 is 9.84 Å². The summed E-state index contributed by atoms with van der Waals surface area (Å²) >= 11 is 0. The summed E-state index contributed by atoms with van der Waals surface area (Å²) in [5.41, 5.74) is 0. The quantitative estimate of drug-likeness (QED) is 0.799. The van der Waals surface area contributed by atoms with Gasteiger partial charge in [-0.1, -0.05) is 13.8 Å². The van der Waals surface area contributed by atoms with Gasteiger partial charge in [0.1, 0.15) is 0 Å². The van der Waals surface area contributed by atoms with Crippen molar-refractivity contribution in [3.63, 3.8) is 0 Å². The number of rotatable bonds is 5. The Hall–Kier alpha value is -0.130. The Morgan fingerprint density at radius 2 is 1.88 bits per heavy atom. The van der Waals surface area contributed by atoms with Crippen LogP contribution in [0.15, 0.2) is 0 Å². The van der Waals surface area contributed by atoms with Crippen LogP contribution in [-0.4, -0.2) is 56.5 Å². The third-order valence-electron chi connectivity index (χ3n) is 3.33. The summed E-state index contributed by atoms with van der Waals surface area (Å²) in [4.78, 5) is 2.31. The molecule has 0 aromatic heterocycles.